The van der Waals surface area contributed by atoms with Gasteiger partial charge in [-0.25, -0.2) is 0 Å². The van der Waals surface area contributed by atoms with E-state index in [1.807, 2.05) is 25.5 Å². The van der Waals surface area contributed by atoms with E-state index in [1.54, 1.807) is 0 Å². The van der Waals surface area contributed by atoms with Crippen molar-refractivity contribution in [3.63, 3.8) is 0 Å². The summed E-state index contributed by atoms with van der Waals surface area (Å²) in [6, 6.07) is 4.04. The molecule has 1 aromatic carbocycles. The highest BCUT2D eigenvalue weighted by Crippen LogP contribution is 2.45. The molecule has 1 aromatic rings. The second kappa shape index (κ2) is 5.22. The summed E-state index contributed by atoms with van der Waals surface area (Å²) in [5.74, 6) is 0.385. The Hall–Kier alpha value is -0.750. The minimum atomic E-state index is -2.13. The topological polar surface area (TPSA) is 37.3 Å². The molecule has 0 spiro atoms. The smallest absolute Gasteiger partial charge is 0.123 e. The maximum Gasteiger partial charge on any atom is 0.123 e. The summed E-state index contributed by atoms with van der Waals surface area (Å²) in [6.45, 7) is 16.2. The Morgan fingerprint density at radius 1 is 0.950 bits per heavy atom. The molecule has 0 saturated carbocycles. The lowest BCUT2D eigenvalue weighted by Gasteiger charge is -2.28. The number of phenols is 1. The molecule has 0 amide bonds. The van der Waals surface area contributed by atoms with Gasteiger partial charge >= 0.3 is 0 Å². The molecule has 1 N–H and O–H groups in total. The van der Waals surface area contributed by atoms with Gasteiger partial charge < -0.3 is 9.67 Å². The third-order valence-electron chi connectivity index (χ3n) is 3.35. The maximum absolute atomic E-state index is 12.1. The van der Waals surface area contributed by atoms with Crippen LogP contribution in [0.2, 0.25) is 0 Å². The molecule has 0 bridgehead atoms. The van der Waals surface area contributed by atoms with Gasteiger partial charge in [0.1, 0.15) is 5.75 Å². The Balaban J connectivity index is 3.55. The lowest BCUT2D eigenvalue weighted by atomic mass is 9.78. The van der Waals surface area contributed by atoms with E-state index >= 15 is 0 Å². The Labute approximate surface area is 124 Å². The summed E-state index contributed by atoms with van der Waals surface area (Å²) < 4.78 is 12.1. The normalized spacial score (nSPS) is 13.6. The van der Waals surface area contributed by atoms with Gasteiger partial charge in [0.15, 0.2) is 0 Å². The van der Waals surface area contributed by atoms with Gasteiger partial charge in [-0.2, -0.15) is 0 Å². The summed E-state index contributed by atoms with van der Waals surface area (Å²) >= 11 is 0. The predicted octanol–water partition coefficient (Wildman–Crippen LogP) is 5.11. The summed E-state index contributed by atoms with van der Waals surface area (Å²) in [4.78, 5) is 0. The Morgan fingerprint density at radius 3 is 1.55 bits per heavy atom. The number of phenolic OH excluding ortho intramolecular Hbond substituents is 1. The summed E-state index contributed by atoms with van der Waals surface area (Å²) in [5, 5.41) is 10.6. The van der Waals surface area contributed by atoms with Gasteiger partial charge in [0.25, 0.3) is 0 Å². The highest BCUT2D eigenvalue weighted by atomic mass is 31.2. The van der Waals surface area contributed by atoms with E-state index in [-0.39, 0.29) is 10.8 Å². The molecule has 0 fully saturated rings. The van der Waals surface area contributed by atoms with Crippen molar-refractivity contribution in [3.05, 3.63) is 28.8 Å². The standard InChI is InChI=1S/C17H29O2P/c1-16(2,3)13-9-12(11-20(7,8)19)10-14(15(13)18)17(4,5)6/h9-10,18H,11H2,1-8H3. The highest BCUT2D eigenvalue weighted by molar-refractivity contribution is 7.61. The molecule has 114 valence electrons. The van der Waals surface area contributed by atoms with Gasteiger partial charge in [0, 0.05) is 6.16 Å². The third kappa shape index (κ3) is 4.38. The fourth-order valence-corrected chi connectivity index (χ4v) is 3.43. The molecule has 0 radical (unpaired) electrons. The zero-order valence-electron chi connectivity index (χ0n) is 14.2. The Morgan fingerprint density at radius 2 is 1.30 bits per heavy atom. The lowest BCUT2D eigenvalue weighted by Crippen LogP contribution is -2.17. The second-order valence-corrected chi connectivity index (χ2v) is 11.7. The van der Waals surface area contributed by atoms with E-state index in [1.165, 1.54) is 0 Å². The Kier molecular flexibility index (Phi) is 4.52. The van der Waals surface area contributed by atoms with Crippen LogP contribution in [0, 0.1) is 0 Å². The average molecular weight is 296 g/mol. The van der Waals surface area contributed by atoms with Gasteiger partial charge in [-0.1, -0.05) is 53.7 Å². The van der Waals surface area contributed by atoms with Crippen LogP contribution in [0.4, 0.5) is 0 Å². The molecule has 3 heteroatoms. The van der Waals surface area contributed by atoms with E-state index in [2.05, 4.69) is 41.5 Å². The second-order valence-electron chi connectivity index (χ2n) is 8.27. The molecule has 0 aliphatic rings. The zero-order valence-corrected chi connectivity index (χ0v) is 15.1. The molecule has 2 nitrogen and oxygen atoms in total. The van der Waals surface area contributed by atoms with E-state index < -0.39 is 7.14 Å². The molecule has 0 unspecified atom stereocenters. The molecule has 0 atom stereocenters. The van der Waals surface area contributed by atoms with Crippen molar-refractivity contribution in [1.29, 1.82) is 0 Å². The number of hydrogen-bond donors (Lipinski definition) is 1. The van der Waals surface area contributed by atoms with Gasteiger partial charge in [-0.05, 0) is 40.8 Å². The van der Waals surface area contributed by atoms with Crippen molar-refractivity contribution in [3.8, 4) is 5.75 Å². The van der Waals surface area contributed by atoms with Crippen molar-refractivity contribution in [2.45, 2.75) is 58.5 Å². The van der Waals surface area contributed by atoms with Gasteiger partial charge in [-0.15, -0.1) is 0 Å². The number of aromatic hydroxyl groups is 1. The van der Waals surface area contributed by atoms with Crippen LogP contribution in [-0.4, -0.2) is 18.4 Å². The minimum absolute atomic E-state index is 0.133. The SMILES string of the molecule is CC(C)(C)c1cc(CP(C)(C)=O)cc(C(C)(C)C)c1O. The fraction of sp³-hybridized carbons (Fsp3) is 0.647. The van der Waals surface area contributed by atoms with Crippen LogP contribution in [-0.2, 0) is 21.6 Å². The fourth-order valence-electron chi connectivity index (χ4n) is 2.37. The molecule has 20 heavy (non-hydrogen) atoms. The minimum Gasteiger partial charge on any atom is -0.507 e. The average Bonchev–Trinajstić information content (AvgIpc) is 2.14. The Bertz CT molecular complexity index is 504. The summed E-state index contributed by atoms with van der Waals surface area (Å²) in [5.41, 5.74) is 2.67. The largest absolute Gasteiger partial charge is 0.507 e. The zero-order chi connectivity index (χ0) is 15.9. The van der Waals surface area contributed by atoms with E-state index in [0.717, 1.165) is 16.7 Å². The third-order valence-corrected chi connectivity index (χ3v) is 4.48. The van der Waals surface area contributed by atoms with Crippen molar-refractivity contribution in [2.75, 3.05) is 13.3 Å². The van der Waals surface area contributed by atoms with Gasteiger partial charge in [0.05, 0.1) is 7.14 Å². The predicted molar refractivity (Wildman–Crippen MR) is 88.7 cm³/mol. The number of benzene rings is 1. The van der Waals surface area contributed by atoms with Gasteiger partial charge in [0.2, 0.25) is 0 Å². The molecule has 0 aliphatic carbocycles. The summed E-state index contributed by atoms with van der Waals surface area (Å²) in [7, 11) is -2.13. The first-order chi connectivity index (χ1) is 8.72. The van der Waals surface area contributed by atoms with Crippen molar-refractivity contribution in [1.82, 2.24) is 0 Å². The summed E-state index contributed by atoms with van der Waals surface area (Å²) in [6.07, 6.45) is 0.583. The molecular weight excluding hydrogens is 267 g/mol. The van der Waals surface area contributed by atoms with E-state index in [9.17, 15) is 9.67 Å². The molecule has 1 rings (SSSR count). The van der Waals surface area contributed by atoms with Crippen molar-refractivity contribution in [2.24, 2.45) is 0 Å². The first-order valence-electron chi connectivity index (χ1n) is 7.13. The van der Waals surface area contributed by atoms with E-state index in [4.69, 9.17) is 0 Å². The van der Waals surface area contributed by atoms with Crippen LogP contribution in [0.5, 0.6) is 5.75 Å². The van der Waals surface area contributed by atoms with Crippen LogP contribution in [0.3, 0.4) is 0 Å². The van der Waals surface area contributed by atoms with Crippen molar-refractivity contribution < 1.29 is 9.67 Å². The van der Waals surface area contributed by atoms with Crippen LogP contribution < -0.4 is 0 Å². The number of hydrogen-bond acceptors (Lipinski definition) is 2. The van der Waals surface area contributed by atoms with Gasteiger partial charge in [-0.3, -0.25) is 0 Å². The molecule has 0 aliphatic heterocycles. The van der Waals surface area contributed by atoms with Crippen LogP contribution >= 0.6 is 7.14 Å². The molecule has 0 saturated heterocycles. The van der Waals surface area contributed by atoms with Crippen LogP contribution in [0.1, 0.15) is 58.2 Å². The van der Waals surface area contributed by atoms with Crippen molar-refractivity contribution >= 4 is 7.14 Å². The maximum atomic E-state index is 12.1. The molecule has 0 aromatic heterocycles. The monoisotopic (exact) mass is 296 g/mol. The van der Waals surface area contributed by atoms with Crippen LogP contribution in [0.15, 0.2) is 12.1 Å². The first-order valence-corrected chi connectivity index (χ1v) is 9.91. The van der Waals surface area contributed by atoms with Crippen LogP contribution in [0.25, 0.3) is 0 Å². The highest BCUT2D eigenvalue weighted by Gasteiger charge is 2.27. The first kappa shape index (κ1) is 17.3. The lowest BCUT2D eigenvalue weighted by molar-refractivity contribution is 0.423. The molecular formula is C17H29O2P. The van der Waals surface area contributed by atoms with E-state index in [0.29, 0.717) is 11.9 Å². The molecule has 0 heterocycles. The number of rotatable bonds is 2. The quantitative estimate of drug-likeness (QED) is 0.770.